The van der Waals surface area contributed by atoms with Crippen molar-refractivity contribution in [2.45, 2.75) is 81.9 Å². The van der Waals surface area contributed by atoms with Crippen molar-refractivity contribution in [3.63, 3.8) is 0 Å². The summed E-state index contributed by atoms with van der Waals surface area (Å²) in [6, 6.07) is 0. The summed E-state index contributed by atoms with van der Waals surface area (Å²) < 4.78 is 16.8. The third kappa shape index (κ3) is 1.82. The van der Waals surface area contributed by atoms with Crippen LogP contribution < -0.4 is 0 Å². The summed E-state index contributed by atoms with van der Waals surface area (Å²) in [6.45, 7) is 6.60. The molecule has 2 saturated carbocycles. The van der Waals surface area contributed by atoms with Gasteiger partial charge in [0.05, 0.1) is 6.10 Å². The maximum atomic E-state index is 12.1. The maximum Gasteiger partial charge on any atom is 0.334 e. The van der Waals surface area contributed by atoms with Crippen LogP contribution in [0.2, 0.25) is 0 Å². The molecule has 7 atom stereocenters. The highest BCUT2D eigenvalue weighted by Gasteiger charge is 2.83. The van der Waals surface area contributed by atoms with Crippen LogP contribution in [-0.4, -0.2) is 58.3 Å². The van der Waals surface area contributed by atoms with Crippen LogP contribution in [0.15, 0.2) is 11.1 Å². The minimum atomic E-state index is -1.60. The van der Waals surface area contributed by atoms with Crippen LogP contribution in [0.5, 0.6) is 0 Å². The predicted octanol–water partition coefficient (Wildman–Crippen LogP) is 1.25. The Morgan fingerprint density at radius 3 is 2.71 bits per heavy atom. The van der Waals surface area contributed by atoms with Gasteiger partial charge in [-0.2, -0.15) is 0 Å². The van der Waals surface area contributed by atoms with E-state index in [2.05, 4.69) is 0 Å². The maximum absolute atomic E-state index is 12.1. The van der Waals surface area contributed by atoms with E-state index in [1.54, 1.807) is 0 Å². The predicted molar refractivity (Wildman–Crippen MR) is 95.9 cm³/mol. The Morgan fingerprint density at radius 1 is 1.29 bits per heavy atom. The Balaban J connectivity index is 1.62. The standard InChI is InChI=1S/C21H28O7/c1-11(2)21-15(28-21)8-20(25)18(3)6-4-12-13(9-26-16(12)23)14(18)5-7-19(20,24)17(21)27-10-22/h10-11,14-15,17,24-25H,4-9H2,1-3H3. The topological polar surface area (TPSA) is 106 Å². The first-order chi connectivity index (χ1) is 13.2. The van der Waals surface area contributed by atoms with Crippen LogP contribution in [0.3, 0.4) is 0 Å². The molecule has 3 fully saturated rings. The van der Waals surface area contributed by atoms with Crippen LogP contribution >= 0.6 is 0 Å². The number of cyclic esters (lactones) is 1. The van der Waals surface area contributed by atoms with E-state index in [-0.39, 0.29) is 36.9 Å². The highest BCUT2D eigenvalue weighted by Crippen LogP contribution is 2.70. The molecule has 0 aromatic rings. The fourth-order valence-corrected chi connectivity index (χ4v) is 7.15. The number of hydrogen-bond acceptors (Lipinski definition) is 7. The SMILES string of the molecule is CC(C)C12OC1CC1(O)C3(C)CCC4=C(COC4=O)C3CCC1(O)C2OC=O. The minimum Gasteiger partial charge on any atom is -0.458 e. The summed E-state index contributed by atoms with van der Waals surface area (Å²) in [6.07, 6.45) is 1.08. The number of carbonyl (C=O) groups is 2. The molecule has 0 bridgehead atoms. The summed E-state index contributed by atoms with van der Waals surface area (Å²) in [4.78, 5) is 23.4. The smallest absolute Gasteiger partial charge is 0.334 e. The van der Waals surface area contributed by atoms with Crippen LogP contribution in [-0.2, 0) is 23.8 Å². The second kappa shape index (κ2) is 5.37. The largest absolute Gasteiger partial charge is 0.458 e. The third-order valence-electron chi connectivity index (χ3n) is 8.76. The number of aliphatic hydroxyl groups is 2. The zero-order valence-corrected chi connectivity index (χ0v) is 16.6. The monoisotopic (exact) mass is 392 g/mol. The lowest BCUT2D eigenvalue weighted by Crippen LogP contribution is -2.78. The third-order valence-corrected chi connectivity index (χ3v) is 8.76. The van der Waals surface area contributed by atoms with E-state index in [9.17, 15) is 19.8 Å². The molecule has 7 unspecified atom stereocenters. The lowest BCUT2D eigenvalue weighted by molar-refractivity contribution is -0.303. The van der Waals surface area contributed by atoms with Crippen molar-refractivity contribution in [3.8, 4) is 0 Å². The molecule has 2 aliphatic heterocycles. The van der Waals surface area contributed by atoms with Gasteiger partial charge >= 0.3 is 5.97 Å². The molecule has 1 saturated heterocycles. The number of rotatable bonds is 3. The highest BCUT2D eigenvalue weighted by molar-refractivity contribution is 5.92. The molecule has 0 amide bonds. The second-order valence-electron chi connectivity index (χ2n) is 9.80. The van der Waals surface area contributed by atoms with Gasteiger partial charge in [-0.05, 0) is 43.1 Å². The molecule has 2 heterocycles. The van der Waals surface area contributed by atoms with Crippen LogP contribution in [0.1, 0.15) is 52.9 Å². The molecule has 5 aliphatic rings. The first kappa shape index (κ1) is 18.6. The van der Waals surface area contributed by atoms with E-state index < -0.39 is 28.3 Å². The molecule has 0 spiro atoms. The average Bonchev–Trinajstić information content (AvgIpc) is 3.24. The van der Waals surface area contributed by atoms with Crippen molar-refractivity contribution >= 4 is 12.4 Å². The van der Waals surface area contributed by atoms with Crippen molar-refractivity contribution in [3.05, 3.63) is 11.1 Å². The van der Waals surface area contributed by atoms with Crippen LogP contribution in [0, 0.1) is 17.3 Å². The Kier molecular flexibility index (Phi) is 3.57. The first-order valence-corrected chi connectivity index (χ1v) is 10.3. The molecule has 154 valence electrons. The average molecular weight is 392 g/mol. The van der Waals surface area contributed by atoms with E-state index in [4.69, 9.17) is 14.2 Å². The van der Waals surface area contributed by atoms with Crippen molar-refractivity contribution in [1.29, 1.82) is 0 Å². The molecule has 3 aliphatic carbocycles. The minimum absolute atomic E-state index is 0.0306. The van der Waals surface area contributed by atoms with Crippen molar-refractivity contribution in [2.75, 3.05) is 6.61 Å². The number of carbonyl (C=O) groups excluding carboxylic acids is 2. The number of hydrogen-bond donors (Lipinski definition) is 2. The lowest BCUT2D eigenvalue weighted by atomic mass is 9.43. The van der Waals surface area contributed by atoms with Gasteiger partial charge in [-0.1, -0.05) is 20.8 Å². The van der Waals surface area contributed by atoms with E-state index in [0.29, 0.717) is 32.2 Å². The van der Waals surface area contributed by atoms with Gasteiger partial charge in [-0.15, -0.1) is 0 Å². The fourth-order valence-electron chi connectivity index (χ4n) is 7.15. The van der Waals surface area contributed by atoms with Gasteiger partial charge in [-0.3, -0.25) is 4.79 Å². The van der Waals surface area contributed by atoms with Crippen molar-refractivity contribution < 1.29 is 34.0 Å². The van der Waals surface area contributed by atoms with Gasteiger partial charge in [-0.25, -0.2) is 4.79 Å². The highest BCUT2D eigenvalue weighted by atomic mass is 16.7. The molecule has 5 rings (SSSR count). The summed E-state index contributed by atoms with van der Waals surface area (Å²) in [5.74, 6) is -0.265. The molecule has 28 heavy (non-hydrogen) atoms. The Labute approximate surface area is 164 Å². The molecule has 7 nitrogen and oxygen atoms in total. The molecule has 0 radical (unpaired) electrons. The van der Waals surface area contributed by atoms with E-state index in [0.717, 1.165) is 11.1 Å². The summed E-state index contributed by atoms with van der Waals surface area (Å²) in [5.41, 5.74) is -2.78. The Bertz CT molecular complexity index is 790. The van der Waals surface area contributed by atoms with E-state index >= 15 is 0 Å². The molecular weight excluding hydrogens is 364 g/mol. The van der Waals surface area contributed by atoms with Gasteiger partial charge < -0.3 is 24.4 Å². The van der Waals surface area contributed by atoms with Gasteiger partial charge in [0.25, 0.3) is 6.47 Å². The zero-order valence-electron chi connectivity index (χ0n) is 16.6. The number of epoxide rings is 1. The number of ether oxygens (including phenoxy) is 3. The molecule has 0 aromatic carbocycles. The normalized spacial score (nSPS) is 51.6. The van der Waals surface area contributed by atoms with Crippen LogP contribution in [0.25, 0.3) is 0 Å². The van der Waals surface area contributed by atoms with E-state index in [1.807, 2.05) is 20.8 Å². The quantitative estimate of drug-likeness (QED) is 0.423. The lowest BCUT2D eigenvalue weighted by Gasteiger charge is -2.65. The summed E-state index contributed by atoms with van der Waals surface area (Å²) in [5, 5.41) is 24.0. The summed E-state index contributed by atoms with van der Waals surface area (Å²) in [7, 11) is 0. The second-order valence-corrected chi connectivity index (χ2v) is 9.80. The zero-order chi connectivity index (χ0) is 20.1. The van der Waals surface area contributed by atoms with Crippen molar-refractivity contribution in [1.82, 2.24) is 0 Å². The van der Waals surface area contributed by atoms with Gasteiger partial charge in [0.2, 0.25) is 0 Å². The first-order valence-electron chi connectivity index (χ1n) is 10.3. The number of esters is 1. The van der Waals surface area contributed by atoms with Gasteiger partial charge in [0.1, 0.15) is 23.4 Å². The molecule has 0 aromatic heterocycles. The van der Waals surface area contributed by atoms with Gasteiger partial charge in [0.15, 0.2) is 6.10 Å². The Hall–Kier alpha value is -1.44. The molecule has 2 N–H and O–H groups in total. The Morgan fingerprint density at radius 2 is 2.04 bits per heavy atom. The van der Waals surface area contributed by atoms with E-state index in [1.165, 1.54) is 0 Å². The summed E-state index contributed by atoms with van der Waals surface area (Å²) >= 11 is 0. The van der Waals surface area contributed by atoms with Crippen molar-refractivity contribution in [2.24, 2.45) is 17.3 Å². The van der Waals surface area contributed by atoms with Crippen LogP contribution in [0.4, 0.5) is 0 Å². The van der Waals surface area contributed by atoms with Gasteiger partial charge in [0, 0.05) is 17.4 Å². The number of fused-ring (bicyclic) bond motifs is 5. The fraction of sp³-hybridized carbons (Fsp3) is 0.810. The molecular formula is C21H28O7. The molecule has 7 heteroatoms.